The largest absolute Gasteiger partial charge is 0.372 e. The van der Waals surface area contributed by atoms with E-state index in [4.69, 9.17) is 4.74 Å². The number of carbonyl (C=O) groups excluding carboxylic acids is 1. The summed E-state index contributed by atoms with van der Waals surface area (Å²) in [6.45, 7) is 7.55. The van der Waals surface area contributed by atoms with Crippen molar-refractivity contribution in [2.45, 2.75) is 39.5 Å². The lowest BCUT2D eigenvalue weighted by atomic mass is 10.1. The molecule has 0 aliphatic carbocycles. The van der Waals surface area contributed by atoms with Crippen LogP contribution in [0.3, 0.4) is 0 Å². The number of nitrogens with zero attached hydrogens (tertiary/aromatic N) is 3. The number of hydrogen-bond donors (Lipinski definition) is 2. The number of rotatable bonds is 5. The second-order valence-corrected chi connectivity index (χ2v) is 8.19. The highest BCUT2D eigenvalue weighted by atomic mass is 16.5. The normalized spacial score (nSPS) is 18.4. The van der Waals surface area contributed by atoms with Crippen LogP contribution in [0.4, 0.5) is 5.82 Å². The van der Waals surface area contributed by atoms with Gasteiger partial charge in [0.15, 0.2) is 0 Å². The Morgan fingerprint density at radius 2 is 1.88 bits per heavy atom. The summed E-state index contributed by atoms with van der Waals surface area (Å²) in [4.78, 5) is 37.7. The summed E-state index contributed by atoms with van der Waals surface area (Å²) >= 11 is 0. The molecule has 2 N–H and O–H groups in total. The van der Waals surface area contributed by atoms with E-state index in [0.29, 0.717) is 42.5 Å². The monoisotopic (exact) mass is 433 g/mol. The highest BCUT2D eigenvalue weighted by molar-refractivity contribution is 5.94. The number of aromatic nitrogens is 3. The highest BCUT2D eigenvalue weighted by Crippen LogP contribution is 2.17. The molecule has 2 aromatic heterocycles. The van der Waals surface area contributed by atoms with Gasteiger partial charge < -0.3 is 19.9 Å². The van der Waals surface area contributed by atoms with E-state index in [1.807, 2.05) is 55.1 Å². The van der Waals surface area contributed by atoms with Gasteiger partial charge in [-0.2, -0.15) is 0 Å². The SMILES string of the molecule is Cc1cc(=O)[nH]c(-c2ccc(NCc3ccc(C(=O)N4CC(C)OC(C)C4)cc3)nc2)n1. The Balaban J connectivity index is 1.36. The Hall–Kier alpha value is -3.52. The number of morpholine rings is 1. The number of aromatic amines is 1. The summed E-state index contributed by atoms with van der Waals surface area (Å²) in [6, 6.07) is 12.8. The molecule has 2 unspecified atom stereocenters. The second kappa shape index (κ2) is 9.32. The van der Waals surface area contributed by atoms with Gasteiger partial charge in [0.25, 0.3) is 11.5 Å². The molecule has 32 heavy (non-hydrogen) atoms. The first-order valence-corrected chi connectivity index (χ1v) is 10.7. The zero-order valence-corrected chi connectivity index (χ0v) is 18.5. The number of H-pyrrole nitrogens is 1. The Kier molecular flexibility index (Phi) is 6.32. The zero-order chi connectivity index (χ0) is 22.7. The van der Waals surface area contributed by atoms with Crippen LogP contribution < -0.4 is 10.9 Å². The maximum Gasteiger partial charge on any atom is 0.254 e. The fourth-order valence-electron chi connectivity index (χ4n) is 3.84. The summed E-state index contributed by atoms with van der Waals surface area (Å²) in [5, 5.41) is 3.27. The van der Waals surface area contributed by atoms with Crippen LogP contribution in [0.25, 0.3) is 11.4 Å². The molecule has 3 aromatic rings. The minimum absolute atomic E-state index is 0.0339. The molecule has 1 amide bonds. The molecule has 4 rings (SSSR count). The molecule has 8 heteroatoms. The van der Waals surface area contributed by atoms with Crippen molar-refractivity contribution >= 4 is 11.7 Å². The van der Waals surface area contributed by atoms with Crippen LogP contribution >= 0.6 is 0 Å². The van der Waals surface area contributed by atoms with Crippen molar-refractivity contribution in [2.75, 3.05) is 18.4 Å². The van der Waals surface area contributed by atoms with Crippen molar-refractivity contribution in [1.29, 1.82) is 0 Å². The molecule has 0 saturated carbocycles. The number of aryl methyl sites for hydroxylation is 1. The third-order valence-corrected chi connectivity index (χ3v) is 5.29. The fourth-order valence-corrected chi connectivity index (χ4v) is 3.84. The predicted molar refractivity (Wildman–Crippen MR) is 123 cm³/mol. The van der Waals surface area contributed by atoms with Gasteiger partial charge in [-0.05, 0) is 50.6 Å². The number of carbonyl (C=O) groups is 1. The van der Waals surface area contributed by atoms with Gasteiger partial charge in [-0.15, -0.1) is 0 Å². The molecule has 0 radical (unpaired) electrons. The van der Waals surface area contributed by atoms with E-state index >= 15 is 0 Å². The molecule has 0 spiro atoms. The number of amides is 1. The van der Waals surface area contributed by atoms with Gasteiger partial charge in [0, 0.05) is 48.7 Å². The third-order valence-electron chi connectivity index (χ3n) is 5.29. The molecule has 0 bridgehead atoms. The summed E-state index contributed by atoms with van der Waals surface area (Å²) in [5.41, 5.74) is 2.93. The van der Waals surface area contributed by atoms with E-state index < -0.39 is 0 Å². The number of benzene rings is 1. The molecule has 2 atom stereocenters. The van der Waals surface area contributed by atoms with E-state index in [1.165, 1.54) is 6.07 Å². The van der Waals surface area contributed by atoms with Crippen LogP contribution in [0.15, 0.2) is 53.5 Å². The van der Waals surface area contributed by atoms with E-state index in [-0.39, 0.29) is 23.7 Å². The first kappa shape index (κ1) is 21.7. The molecule has 8 nitrogen and oxygen atoms in total. The molecule has 166 valence electrons. The standard InChI is InChI=1S/C24H27N5O3/c1-15-10-22(30)28-23(27-15)20-8-9-21(26-12-20)25-11-18-4-6-19(7-5-18)24(31)29-13-16(2)32-17(3)14-29/h4-10,12,16-17H,11,13-14H2,1-3H3,(H,25,26)(H,27,28,30). The van der Waals surface area contributed by atoms with Crippen LogP contribution in [0.2, 0.25) is 0 Å². The predicted octanol–water partition coefficient (Wildman–Crippen LogP) is 3.00. The van der Waals surface area contributed by atoms with E-state index in [0.717, 1.165) is 11.1 Å². The molecule has 1 aliphatic rings. The van der Waals surface area contributed by atoms with Crippen molar-refractivity contribution < 1.29 is 9.53 Å². The van der Waals surface area contributed by atoms with Crippen molar-refractivity contribution in [3.8, 4) is 11.4 Å². The average Bonchev–Trinajstić information content (AvgIpc) is 2.76. The van der Waals surface area contributed by atoms with Gasteiger partial charge in [-0.1, -0.05) is 12.1 Å². The lowest BCUT2D eigenvalue weighted by Gasteiger charge is -2.35. The van der Waals surface area contributed by atoms with Crippen LogP contribution in [0.1, 0.15) is 35.5 Å². The van der Waals surface area contributed by atoms with Crippen LogP contribution in [0.5, 0.6) is 0 Å². The topological polar surface area (TPSA) is 100 Å². The first-order chi connectivity index (χ1) is 15.4. The molecular formula is C24H27N5O3. The second-order valence-electron chi connectivity index (χ2n) is 8.19. The van der Waals surface area contributed by atoms with E-state index in [1.54, 1.807) is 13.1 Å². The molecule has 1 aliphatic heterocycles. The lowest BCUT2D eigenvalue weighted by Crippen LogP contribution is -2.48. The Morgan fingerprint density at radius 1 is 1.16 bits per heavy atom. The molecule has 1 saturated heterocycles. The quantitative estimate of drug-likeness (QED) is 0.642. The van der Waals surface area contributed by atoms with Gasteiger partial charge in [0.05, 0.1) is 12.2 Å². The third kappa shape index (κ3) is 5.20. The Labute approximate surface area is 186 Å². The van der Waals surface area contributed by atoms with Gasteiger partial charge >= 0.3 is 0 Å². The van der Waals surface area contributed by atoms with Gasteiger partial charge in [-0.3, -0.25) is 9.59 Å². The summed E-state index contributed by atoms with van der Waals surface area (Å²) < 4.78 is 5.71. The summed E-state index contributed by atoms with van der Waals surface area (Å²) in [5.74, 6) is 1.24. The lowest BCUT2D eigenvalue weighted by molar-refractivity contribution is -0.0586. The minimum Gasteiger partial charge on any atom is -0.372 e. The maximum atomic E-state index is 12.8. The van der Waals surface area contributed by atoms with Crippen LogP contribution in [-0.2, 0) is 11.3 Å². The number of ether oxygens (including phenoxy) is 1. The van der Waals surface area contributed by atoms with Gasteiger partial charge in [-0.25, -0.2) is 9.97 Å². The van der Waals surface area contributed by atoms with Crippen LogP contribution in [0, 0.1) is 6.92 Å². The zero-order valence-electron chi connectivity index (χ0n) is 18.5. The van der Waals surface area contributed by atoms with E-state index in [9.17, 15) is 9.59 Å². The number of anilines is 1. The van der Waals surface area contributed by atoms with Crippen molar-refractivity contribution in [1.82, 2.24) is 19.9 Å². The summed E-state index contributed by atoms with van der Waals surface area (Å²) in [7, 11) is 0. The maximum absolute atomic E-state index is 12.8. The number of nitrogens with one attached hydrogen (secondary N) is 2. The molecule has 3 heterocycles. The average molecular weight is 434 g/mol. The molecule has 1 fully saturated rings. The minimum atomic E-state index is -0.186. The van der Waals surface area contributed by atoms with Crippen molar-refractivity contribution in [2.24, 2.45) is 0 Å². The first-order valence-electron chi connectivity index (χ1n) is 10.7. The van der Waals surface area contributed by atoms with E-state index in [2.05, 4.69) is 20.3 Å². The van der Waals surface area contributed by atoms with Crippen molar-refractivity contribution in [3.63, 3.8) is 0 Å². The number of pyridine rings is 1. The number of hydrogen-bond acceptors (Lipinski definition) is 6. The molecular weight excluding hydrogens is 406 g/mol. The summed E-state index contributed by atoms with van der Waals surface area (Å²) in [6.07, 6.45) is 1.77. The Bertz CT molecular complexity index is 1130. The highest BCUT2D eigenvalue weighted by Gasteiger charge is 2.26. The Morgan fingerprint density at radius 3 is 2.50 bits per heavy atom. The van der Waals surface area contributed by atoms with Crippen molar-refractivity contribution in [3.05, 3.63) is 75.8 Å². The molecule has 1 aromatic carbocycles. The fraction of sp³-hybridized carbons (Fsp3) is 0.333. The van der Waals surface area contributed by atoms with Gasteiger partial charge in [0.2, 0.25) is 0 Å². The van der Waals surface area contributed by atoms with Crippen LogP contribution in [-0.4, -0.2) is 51.1 Å². The smallest absolute Gasteiger partial charge is 0.254 e. The van der Waals surface area contributed by atoms with Gasteiger partial charge in [0.1, 0.15) is 11.6 Å².